The van der Waals surface area contributed by atoms with Crippen LogP contribution in [0.1, 0.15) is 21.5 Å². The number of carbonyl (C=O) groups is 2. The van der Waals surface area contributed by atoms with E-state index in [9.17, 15) is 22.8 Å². The molecule has 0 spiro atoms. The fraction of sp³-hybridized carbons (Fsp3) is 0.176. The Morgan fingerprint density at radius 2 is 1.77 bits per heavy atom. The topological polar surface area (TPSA) is 76.7 Å². The first-order valence-electron chi connectivity index (χ1n) is 7.48. The highest BCUT2D eigenvalue weighted by Crippen LogP contribution is 2.32. The fourth-order valence-corrected chi connectivity index (χ4v) is 2.32. The molecule has 0 aromatic heterocycles. The van der Waals surface area contributed by atoms with Gasteiger partial charge in [-0.2, -0.15) is 13.2 Å². The molecule has 0 atom stereocenters. The number of benzene rings is 2. The van der Waals surface area contributed by atoms with E-state index < -0.39 is 23.6 Å². The Morgan fingerprint density at radius 1 is 1.00 bits per heavy atom. The number of rotatable bonds is 3. The molecule has 0 bridgehead atoms. The molecule has 0 aliphatic carbocycles. The lowest BCUT2D eigenvalue weighted by atomic mass is 10.1. The van der Waals surface area contributed by atoms with Gasteiger partial charge in [-0.05, 0) is 29.8 Å². The minimum atomic E-state index is -4.49. The van der Waals surface area contributed by atoms with E-state index in [0.717, 1.165) is 12.1 Å². The summed E-state index contributed by atoms with van der Waals surface area (Å²) in [6.45, 7) is 0.0636. The molecule has 3 rings (SSSR count). The zero-order valence-electron chi connectivity index (χ0n) is 13.2. The highest BCUT2D eigenvalue weighted by molar-refractivity contribution is 5.96. The van der Waals surface area contributed by atoms with Crippen molar-refractivity contribution in [3.05, 3.63) is 59.2 Å². The highest BCUT2D eigenvalue weighted by atomic mass is 19.4. The first kappa shape index (κ1) is 17.6. The second kappa shape index (κ2) is 6.95. The summed E-state index contributed by atoms with van der Waals surface area (Å²) in [6.07, 6.45) is -4.80. The fourth-order valence-electron chi connectivity index (χ4n) is 2.32. The number of fused-ring (bicyclic) bond motifs is 1. The third kappa shape index (κ3) is 4.05. The van der Waals surface area contributed by atoms with Crippen LogP contribution in [0, 0.1) is 0 Å². The minimum Gasteiger partial charge on any atom is -0.454 e. The maximum absolute atomic E-state index is 12.7. The second-order valence-electron chi connectivity index (χ2n) is 5.45. The van der Waals surface area contributed by atoms with Crippen molar-refractivity contribution in [1.29, 1.82) is 0 Å². The maximum atomic E-state index is 12.7. The number of ether oxygens (including phenoxy) is 2. The van der Waals surface area contributed by atoms with Gasteiger partial charge in [-0.1, -0.05) is 18.2 Å². The molecule has 2 N–H and O–H groups in total. The van der Waals surface area contributed by atoms with Gasteiger partial charge in [0.2, 0.25) is 12.7 Å². The molecule has 2 aromatic rings. The zero-order valence-corrected chi connectivity index (χ0v) is 13.2. The monoisotopic (exact) mass is 366 g/mol. The molecule has 0 radical (unpaired) electrons. The van der Waals surface area contributed by atoms with E-state index in [1.165, 1.54) is 24.3 Å². The average molecular weight is 366 g/mol. The Morgan fingerprint density at radius 3 is 2.54 bits per heavy atom. The summed E-state index contributed by atoms with van der Waals surface area (Å²) in [4.78, 5) is 23.9. The van der Waals surface area contributed by atoms with E-state index >= 15 is 0 Å². The van der Waals surface area contributed by atoms with E-state index in [0.29, 0.717) is 11.5 Å². The molecule has 1 aliphatic rings. The molecule has 6 nitrogen and oxygen atoms in total. The largest absolute Gasteiger partial charge is 0.454 e. The zero-order chi connectivity index (χ0) is 18.7. The van der Waals surface area contributed by atoms with Gasteiger partial charge in [-0.25, -0.2) is 0 Å². The molecule has 2 aromatic carbocycles. The van der Waals surface area contributed by atoms with E-state index in [-0.39, 0.29) is 24.3 Å². The lowest BCUT2D eigenvalue weighted by Gasteiger charge is -2.10. The van der Waals surface area contributed by atoms with Crippen molar-refractivity contribution in [3.8, 4) is 11.5 Å². The smallest absolute Gasteiger partial charge is 0.416 e. The van der Waals surface area contributed by atoms with Gasteiger partial charge in [0.15, 0.2) is 11.5 Å². The van der Waals surface area contributed by atoms with E-state index in [1.807, 2.05) is 0 Å². The number of nitrogens with one attached hydrogen (secondary N) is 2. The highest BCUT2D eigenvalue weighted by Gasteiger charge is 2.30. The Balaban J connectivity index is 1.56. The third-order valence-corrected chi connectivity index (χ3v) is 3.57. The van der Waals surface area contributed by atoms with Crippen molar-refractivity contribution in [2.24, 2.45) is 0 Å². The van der Waals surface area contributed by atoms with Crippen molar-refractivity contribution in [2.75, 3.05) is 6.79 Å². The first-order valence-corrected chi connectivity index (χ1v) is 7.48. The van der Waals surface area contributed by atoms with Crippen LogP contribution in [0.3, 0.4) is 0 Å². The summed E-state index contributed by atoms with van der Waals surface area (Å²) >= 11 is 0. The summed E-state index contributed by atoms with van der Waals surface area (Å²) < 4.78 is 48.3. The Bertz CT molecular complexity index is 852. The maximum Gasteiger partial charge on any atom is 0.416 e. The number of hydrazine groups is 1. The molecule has 1 aliphatic heterocycles. The van der Waals surface area contributed by atoms with Crippen LogP contribution in [-0.4, -0.2) is 18.6 Å². The quantitative estimate of drug-likeness (QED) is 0.818. The summed E-state index contributed by atoms with van der Waals surface area (Å²) in [5.74, 6) is -0.331. The first-order chi connectivity index (χ1) is 12.3. The lowest BCUT2D eigenvalue weighted by Crippen LogP contribution is -2.42. The summed E-state index contributed by atoms with van der Waals surface area (Å²) in [7, 11) is 0. The number of hydrogen-bond donors (Lipinski definition) is 2. The molecular weight excluding hydrogens is 353 g/mol. The number of alkyl halides is 3. The molecular formula is C17H13F3N2O4. The van der Waals surface area contributed by atoms with Crippen LogP contribution < -0.4 is 20.3 Å². The van der Waals surface area contributed by atoms with Gasteiger partial charge in [-0.15, -0.1) is 0 Å². The van der Waals surface area contributed by atoms with Gasteiger partial charge in [0, 0.05) is 5.56 Å². The van der Waals surface area contributed by atoms with Crippen LogP contribution >= 0.6 is 0 Å². The van der Waals surface area contributed by atoms with Gasteiger partial charge in [0.05, 0.1) is 12.0 Å². The molecule has 0 saturated carbocycles. The Hall–Kier alpha value is -3.23. The molecule has 0 unspecified atom stereocenters. The molecule has 2 amide bonds. The lowest BCUT2D eigenvalue weighted by molar-refractivity contribution is -0.137. The van der Waals surface area contributed by atoms with E-state index in [2.05, 4.69) is 10.9 Å². The van der Waals surface area contributed by atoms with Crippen molar-refractivity contribution in [1.82, 2.24) is 10.9 Å². The predicted molar refractivity (Wildman–Crippen MR) is 83.3 cm³/mol. The standard InChI is InChI=1S/C17H13F3N2O4/c18-17(19,20)12-3-1-2-10(6-12)7-15(23)21-22-16(24)11-4-5-13-14(8-11)26-9-25-13/h1-6,8H,7,9H2,(H,21,23)(H,22,24). The van der Waals surface area contributed by atoms with Crippen LogP contribution in [0.15, 0.2) is 42.5 Å². The summed E-state index contributed by atoms with van der Waals surface area (Å²) in [5.41, 5.74) is 3.93. The molecule has 1 heterocycles. The van der Waals surface area contributed by atoms with Crippen LogP contribution in [0.5, 0.6) is 11.5 Å². The van der Waals surface area contributed by atoms with Gasteiger partial charge in [0.25, 0.3) is 5.91 Å². The van der Waals surface area contributed by atoms with Crippen molar-refractivity contribution < 1.29 is 32.2 Å². The molecule has 136 valence electrons. The minimum absolute atomic E-state index is 0.0636. The van der Waals surface area contributed by atoms with Crippen LogP contribution in [0.4, 0.5) is 13.2 Å². The van der Waals surface area contributed by atoms with Crippen molar-refractivity contribution in [2.45, 2.75) is 12.6 Å². The normalized spacial score (nSPS) is 12.6. The van der Waals surface area contributed by atoms with Gasteiger partial charge >= 0.3 is 6.18 Å². The average Bonchev–Trinajstić information content (AvgIpc) is 3.07. The van der Waals surface area contributed by atoms with Crippen LogP contribution in [0.25, 0.3) is 0 Å². The molecule has 9 heteroatoms. The van der Waals surface area contributed by atoms with E-state index in [4.69, 9.17) is 9.47 Å². The van der Waals surface area contributed by atoms with Crippen molar-refractivity contribution >= 4 is 11.8 Å². The predicted octanol–water partition coefficient (Wildman–Crippen LogP) is 2.44. The molecule has 0 fully saturated rings. The van der Waals surface area contributed by atoms with Gasteiger partial charge < -0.3 is 9.47 Å². The van der Waals surface area contributed by atoms with E-state index in [1.54, 1.807) is 6.07 Å². The van der Waals surface area contributed by atoms with Gasteiger partial charge in [-0.3, -0.25) is 20.4 Å². The van der Waals surface area contributed by atoms with Crippen LogP contribution in [-0.2, 0) is 17.4 Å². The number of halogens is 3. The number of amides is 2. The third-order valence-electron chi connectivity index (χ3n) is 3.57. The summed E-state index contributed by atoms with van der Waals surface area (Å²) in [6, 6.07) is 8.92. The molecule has 0 saturated heterocycles. The Labute approximate surface area is 145 Å². The summed E-state index contributed by atoms with van der Waals surface area (Å²) in [5, 5.41) is 0. The SMILES string of the molecule is O=C(Cc1cccc(C(F)(F)F)c1)NNC(=O)c1ccc2c(c1)OCO2. The molecule has 26 heavy (non-hydrogen) atoms. The Kier molecular flexibility index (Phi) is 4.70. The number of hydrogen-bond acceptors (Lipinski definition) is 4. The number of carbonyl (C=O) groups excluding carboxylic acids is 2. The van der Waals surface area contributed by atoms with Crippen LogP contribution in [0.2, 0.25) is 0 Å². The van der Waals surface area contributed by atoms with Gasteiger partial charge in [0.1, 0.15) is 0 Å². The second-order valence-corrected chi connectivity index (χ2v) is 5.45. The van der Waals surface area contributed by atoms with Crippen molar-refractivity contribution in [3.63, 3.8) is 0 Å².